The Morgan fingerprint density at radius 1 is 1.32 bits per heavy atom. The van der Waals surface area contributed by atoms with Crippen molar-refractivity contribution in [1.82, 2.24) is 15.0 Å². The van der Waals surface area contributed by atoms with E-state index in [2.05, 4.69) is 15.5 Å². The topological polar surface area (TPSA) is 71.3 Å². The number of likely N-dealkylation sites (N-methyl/N-ethyl adjacent to an activating group) is 1. The maximum Gasteiger partial charge on any atom is 0.239 e. The van der Waals surface area contributed by atoms with Crippen molar-refractivity contribution in [1.29, 1.82) is 0 Å². The molecule has 0 aliphatic heterocycles. The minimum absolute atomic E-state index is 0.120. The van der Waals surface area contributed by atoms with Crippen molar-refractivity contribution in [3.8, 4) is 0 Å². The van der Waals surface area contributed by atoms with Gasteiger partial charge in [-0.3, -0.25) is 14.7 Å². The summed E-state index contributed by atoms with van der Waals surface area (Å²) in [6, 6.07) is 5.63. The second-order valence-corrected chi connectivity index (χ2v) is 6.40. The highest BCUT2D eigenvalue weighted by atomic mass is 16.5. The molecule has 0 aromatic carbocycles. The zero-order chi connectivity index (χ0) is 16.2. The number of nitrogens with zero attached hydrogens (tertiary/aromatic N) is 3. The van der Waals surface area contributed by atoms with E-state index >= 15 is 0 Å². The molecule has 0 saturated heterocycles. The fraction of sp³-hybridized carbons (Fsp3) is 0.438. The number of rotatable bonds is 5. The summed E-state index contributed by atoms with van der Waals surface area (Å²) < 4.78 is 5.25. The smallest absolute Gasteiger partial charge is 0.239 e. The molecule has 0 atom stereocenters. The number of carbonyl (C=O) groups excluding carboxylic acids is 1. The van der Waals surface area contributed by atoms with Crippen LogP contribution in [0, 0.1) is 0 Å². The van der Waals surface area contributed by atoms with E-state index in [1.807, 2.05) is 44.9 Å². The summed E-state index contributed by atoms with van der Waals surface area (Å²) in [5.74, 6) is 1.07. The maximum atomic E-state index is 12.0. The van der Waals surface area contributed by atoms with Crippen molar-refractivity contribution in [2.75, 3.05) is 18.9 Å². The van der Waals surface area contributed by atoms with Crippen LogP contribution in [0.5, 0.6) is 0 Å². The summed E-state index contributed by atoms with van der Waals surface area (Å²) in [6.07, 6.45) is 3.49. The van der Waals surface area contributed by atoms with Crippen molar-refractivity contribution >= 4 is 11.7 Å². The summed E-state index contributed by atoms with van der Waals surface area (Å²) in [5, 5.41) is 6.63. The zero-order valence-electron chi connectivity index (χ0n) is 13.5. The van der Waals surface area contributed by atoms with Gasteiger partial charge in [0.2, 0.25) is 5.91 Å². The summed E-state index contributed by atoms with van der Waals surface area (Å²) >= 11 is 0. The van der Waals surface area contributed by atoms with Gasteiger partial charge in [0.25, 0.3) is 0 Å². The Labute approximate surface area is 130 Å². The molecule has 0 radical (unpaired) electrons. The lowest BCUT2D eigenvalue weighted by Crippen LogP contribution is -2.29. The molecule has 2 aromatic heterocycles. The van der Waals surface area contributed by atoms with Crippen molar-refractivity contribution in [3.63, 3.8) is 0 Å². The molecule has 1 amide bonds. The number of nitrogens with one attached hydrogen (secondary N) is 1. The first-order chi connectivity index (χ1) is 10.3. The highest BCUT2D eigenvalue weighted by Crippen LogP contribution is 2.24. The van der Waals surface area contributed by atoms with Gasteiger partial charge in [-0.1, -0.05) is 25.9 Å². The predicted octanol–water partition coefficient (Wildman–Crippen LogP) is 2.44. The van der Waals surface area contributed by atoms with Crippen LogP contribution in [0.3, 0.4) is 0 Å². The first kappa shape index (κ1) is 16.2. The number of pyridine rings is 1. The molecule has 0 fully saturated rings. The van der Waals surface area contributed by atoms with Crippen molar-refractivity contribution in [2.24, 2.45) is 0 Å². The van der Waals surface area contributed by atoms with E-state index in [1.54, 1.807) is 18.5 Å². The molecule has 0 aliphatic carbocycles. The molecular formula is C16H22N4O2. The molecule has 2 rings (SSSR count). The lowest BCUT2D eigenvalue weighted by atomic mass is 9.93. The first-order valence-corrected chi connectivity index (χ1v) is 7.19. The summed E-state index contributed by atoms with van der Waals surface area (Å²) in [7, 11) is 1.89. The van der Waals surface area contributed by atoms with Crippen LogP contribution in [0.2, 0.25) is 0 Å². The van der Waals surface area contributed by atoms with E-state index in [0.29, 0.717) is 12.4 Å². The molecule has 2 heterocycles. The monoisotopic (exact) mass is 302 g/mol. The van der Waals surface area contributed by atoms with Crippen LogP contribution in [0.25, 0.3) is 0 Å². The van der Waals surface area contributed by atoms with Crippen LogP contribution < -0.4 is 5.32 Å². The molecule has 2 aromatic rings. The highest BCUT2D eigenvalue weighted by Gasteiger charge is 2.20. The van der Waals surface area contributed by atoms with E-state index in [-0.39, 0.29) is 17.9 Å². The standard InChI is InChI=1S/C16H22N4O2/c1-16(2,3)13-9-14(19-22-13)18-15(21)11-20(4)10-12-5-7-17-8-6-12/h5-9H,10-11H2,1-4H3,(H,18,19,21). The van der Waals surface area contributed by atoms with Gasteiger partial charge in [0, 0.05) is 30.4 Å². The third-order valence-corrected chi connectivity index (χ3v) is 3.13. The third kappa shape index (κ3) is 4.66. The molecule has 22 heavy (non-hydrogen) atoms. The first-order valence-electron chi connectivity index (χ1n) is 7.19. The Kier molecular flexibility index (Phi) is 4.92. The Morgan fingerprint density at radius 3 is 2.59 bits per heavy atom. The largest absolute Gasteiger partial charge is 0.359 e. The highest BCUT2D eigenvalue weighted by molar-refractivity contribution is 5.91. The molecule has 0 aliphatic rings. The van der Waals surface area contributed by atoms with Crippen molar-refractivity contribution < 1.29 is 9.32 Å². The number of hydrogen-bond acceptors (Lipinski definition) is 5. The number of amides is 1. The van der Waals surface area contributed by atoms with E-state index < -0.39 is 0 Å². The minimum Gasteiger partial charge on any atom is -0.359 e. The zero-order valence-corrected chi connectivity index (χ0v) is 13.5. The minimum atomic E-state index is -0.131. The van der Waals surface area contributed by atoms with Crippen LogP contribution in [-0.2, 0) is 16.8 Å². The summed E-state index contributed by atoms with van der Waals surface area (Å²) in [6.45, 7) is 7.05. The Balaban J connectivity index is 1.86. The second kappa shape index (κ2) is 6.70. The molecule has 0 unspecified atom stereocenters. The third-order valence-electron chi connectivity index (χ3n) is 3.13. The summed E-state index contributed by atoms with van der Waals surface area (Å²) in [5.41, 5.74) is 0.982. The maximum absolute atomic E-state index is 12.0. The molecular weight excluding hydrogens is 280 g/mol. The number of carbonyl (C=O) groups is 1. The van der Waals surface area contributed by atoms with Gasteiger partial charge in [0.1, 0.15) is 5.76 Å². The molecule has 1 N–H and O–H groups in total. The van der Waals surface area contributed by atoms with E-state index in [0.717, 1.165) is 11.3 Å². The molecule has 6 heteroatoms. The number of hydrogen-bond donors (Lipinski definition) is 1. The summed E-state index contributed by atoms with van der Waals surface area (Å²) in [4.78, 5) is 17.9. The van der Waals surface area contributed by atoms with E-state index in [1.165, 1.54) is 0 Å². The van der Waals surface area contributed by atoms with Gasteiger partial charge in [0.05, 0.1) is 6.54 Å². The van der Waals surface area contributed by atoms with Crippen LogP contribution >= 0.6 is 0 Å². The SMILES string of the molecule is CN(CC(=O)Nc1cc(C(C)(C)C)on1)Cc1ccncc1. The number of anilines is 1. The van der Waals surface area contributed by atoms with Gasteiger partial charge in [-0.15, -0.1) is 0 Å². The van der Waals surface area contributed by atoms with Crippen LogP contribution in [0.4, 0.5) is 5.82 Å². The molecule has 0 bridgehead atoms. The van der Waals surface area contributed by atoms with Gasteiger partial charge >= 0.3 is 0 Å². The molecule has 118 valence electrons. The second-order valence-electron chi connectivity index (χ2n) is 6.40. The van der Waals surface area contributed by atoms with Crippen LogP contribution in [0.1, 0.15) is 32.1 Å². The lowest BCUT2D eigenvalue weighted by Gasteiger charge is -2.15. The van der Waals surface area contributed by atoms with Crippen molar-refractivity contribution in [2.45, 2.75) is 32.7 Å². The average Bonchev–Trinajstić information content (AvgIpc) is 2.87. The van der Waals surface area contributed by atoms with Gasteiger partial charge in [0.15, 0.2) is 5.82 Å². The van der Waals surface area contributed by atoms with Crippen LogP contribution in [-0.4, -0.2) is 34.5 Å². The van der Waals surface area contributed by atoms with Crippen LogP contribution in [0.15, 0.2) is 35.1 Å². The normalized spacial score (nSPS) is 11.7. The number of aromatic nitrogens is 2. The molecule has 6 nitrogen and oxygen atoms in total. The van der Waals surface area contributed by atoms with Gasteiger partial charge in [-0.05, 0) is 24.7 Å². The molecule has 0 saturated carbocycles. The van der Waals surface area contributed by atoms with E-state index in [9.17, 15) is 4.79 Å². The predicted molar refractivity (Wildman–Crippen MR) is 84.4 cm³/mol. The van der Waals surface area contributed by atoms with Gasteiger partial charge < -0.3 is 9.84 Å². The fourth-order valence-electron chi connectivity index (χ4n) is 1.97. The van der Waals surface area contributed by atoms with Crippen molar-refractivity contribution in [3.05, 3.63) is 41.9 Å². The van der Waals surface area contributed by atoms with Gasteiger partial charge in [-0.25, -0.2) is 0 Å². The fourth-order valence-corrected chi connectivity index (χ4v) is 1.97. The Morgan fingerprint density at radius 2 is 2.00 bits per heavy atom. The lowest BCUT2D eigenvalue weighted by molar-refractivity contribution is -0.117. The average molecular weight is 302 g/mol. The van der Waals surface area contributed by atoms with Gasteiger partial charge in [-0.2, -0.15) is 0 Å². The molecule has 0 spiro atoms. The Hall–Kier alpha value is -2.21. The quantitative estimate of drug-likeness (QED) is 0.918. The Bertz CT molecular complexity index is 617. The van der Waals surface area contributed by atoms with E-state index in [4.69, 9.17) is 4.52 Å².